The molecule has 0 unspecified atom stereocenters. The van der Waals surface area contributed by atoms with Crippen molar-refractivity contribution in [3.05, 3.63) is 54.1 Å². The molecule has 3 rings (SSSR count). The van der Waals surface area contributed by atoms with E-state index in [-0.39, 0.29) is 5.75 Å². The van der Waals surface area contributed by atoms with Gasteiger partial charge in [0.15, 0.2) is 6.10 Å². The third-order valence-electron chi connectivity index (χ3n) is 4.21. The van der Waals surface area contributed by atoms with E-state index in [0.29, 0.717) is 11.5 Å². The second-order valence-electron chi connectivity index (χ2n) is 6.19. The Bertz CT molecular complexity index is 791. The maximum absolute atomic E-state index is 11.1. The summed E-state index contributed by atoms with van der Waals surface area (Å²) in [5, 5.41) is 38.5. The summed E-state index contributed by atoms with van der Waals surface area (Å²) in [6.07, 6.45) is -8.25. The zero-order valence-electron chi connectivity index (χ0n) is 14.4. The molecule has 1 fully saturated rings. The van der Waals surface area contributed by atoms with Crippen LogP contribution in [0.1, 0.15) is 5.56 Å². The molecule has 0 bridgehead atoms. The number of hydrogen-bond acceptors (Lipinski definition) is 7. The van der Waals surface area contributed by atoms with Crippen molar-refractivity contribution in [2.75, 3.05) is 0 Å². The summed E-state index contributed by atoms with van der Waals surface area (Å²) in [5.74, 6) is 0.0622. The van der Waals surface area contributed by atoms with Crippen LogP contribution in [0, 0.1) is 6.92 Å². The highest BCUT2D eigenvalue weighted by molar-refractivity contribution is 5.73. The largest absolute Gasteiger partial charge is 0.479 e. The van der Waals surface area contributed by atoms with Gasteiger partial charge in [-0.15, -0.1) is 0 Å². The normalized spacial score (nSPS) is 27.8. The molecular weight excluding hydrogens is 356 g/mol. The van der Waals surface area contributed by atoms with Crippen molar-refractivity contribution in [1.82, 2.24) is 0 Å². The minimum absolute atomic E-state index is 0.268. The van der Waals surface area contributed by atoms with Crippen molar-refractivity contribution < 1.29 is 39.4 Å². The zero-order chi connectivity index (χ0) is 19.6. The third-order valence-corrected chi connectivity index (χ3v) is 4.21. The molecule has 5 atom stereocenters. The Morgan fingerprint density at radius 2 is 1.56 bits per heavy atom. The minimum Gasteiger partial charge on any atom is -0.479 e. The average Bonchev–Trinajstić information content (AvgIpc) is 2.65. The average molecular weight is 376 g/mol. The van der Waals surface area contributed by atoms with Gasteiger partial charge in [-0.3, -0.25) is 0 Å². The number of carboxylic acid groups (broad SMARTS) is 1. The van der Waals surface area contributed by atoms with Crippen LogP contribution in [0.3, 0.4) is 0 Å². The predicted octanol–water partition coefficient (Wildman–Crippen LogP) is 1.06. The first-order chi connectivity index (χ1) is 12.9. The lowest BCUT2D eigenvalue weighted by atomic mass is 9.99. The smallest absolute Gasteiger partial charge is 0.335 e. The second kappa shape index (κ2) is 7.93. The van der Waals surface area contributed by atoms with E-state index in [2.05, 4.69) is 0 Å². The maximum Gasteiger partial charge on any atom is 0.335 e. The van der Waals surface area contributed by atoms with Crippen molar-refractivity contribution in [3.63, 3.8) is 0 Å². The van der Waals surface area contributed by atoms with E-state index < -0.39 is 36.7 Å². The first kappa shape index (κ1) is 19.1. The van der Waals surface area contributed by atoms with E-state index >= 15 is 0 Å². The van der Waals surface area contributed by atoms with Crippen LogP contribution in [-0.2, 0) is 9.53 Å². The van der Waals surface area contributed by atoms with Gasteiger partial charge in [0.2, 0.25) is 6.29 Å². The van der Waals surface area contributed by atoms with Gasteiger partial charge >= 0.3 is 5.97 Å². The molecular formula is C19H20O8. The van der Waals surface area contributed by atoms with Gasteiger partial charge in [-0.25, -0.2) is 4.79 Å². The number of carboxylic acids is 1. The van der Waals surface area contributed by atoms with Crippen LogP contribution in [0.4, 0.5) is 0 Å². The van der Waals surface area contributed by atoms with Gasteiger partial charge < -0.3 is 34.6 Å². The van der Waals surface area contributed by atoms with Crippen LogP contribution in [0.25, 0.3) is 0 Å². The van der Waals surface area contributed by atoms with Crippen LogP contribution in [-0.4, -0.2) is 57.1 Å². The van der Waals surface area contributed by atoms with E-state index in [1.54, 1.807) is 24.3 Å². The number of para-hydroxylation sites is 1. The lowest BCUT2D eigenvalue weighted by molar-refractivity contribution is -0.271. The molecule has 8 heteroatoms. The summed E-state index contributed by atoms with van der Waals surface area (Å²) >= 11 is 0. The van der Waals surface area contributed by atoms with Gasteiger partial charge in [0, 0.05) is 0 Å². The Morgan fingerprint density at radius 3 is 2.19 bits per heavy atom. The van der Waals surface area contributed by atoms with Crippen molar-refractivity contribution in [2.24, 2.45) is 0 Å². The first-order valence-corrected chi connectivity index (χ1v) is 8.29. The van der Waals surface area contributed by atoms with Crippen LogP contribution in [0.15, 0.2) is 48.5 Å². The monoisotopic (exact) mass is 376 g/mol. The molecule has 0 amide bonds. The van der Waals surface area contributed by atoms with Gasteiger partial charge in [0.1, 0.15) is 35.6 Å². The number of aliphatic carboxylic acids is 1. The van der Waals surface area contributed by atoms with E-state index in [9.17, 15) is 20.1 Å². The van der Waals surface area contributed by atoms with Gasteiger partial charge in [-0.2, -0.15) is 0 Å². The fourth-order valence-corrected chi connectivity index (χ4v) is 2.67. The molecule has 0 aliphatic carbocycles. The summed E-state index contributed by atoms with van der Waals surface area (Å²) in [5.41, 5.74) is 0.976. The fourth-order valence-electron chi connectivity index (χ4n) is 2.67. The van der Waals surface area contributed by atoms with E-state index in [0.717, 1.165) is 5.56 Å². The number of carbonyl (C=O) groups is 1. The number of ether oxygens (including phenoxy) is 3. The predicted molar refractivity (Wildman–Crippen MR) is 92.6 cm³/mol. The summed E-state index contributed by atoms with van der Waals surface area (Å²) < 4.78 is 16.3. The molecule has 0 radical (unpaired) electrons. The molecule has 1 saturated heterocycles. The number of aryl methyl sites for hydroxylation is 1. The Morgan fingerprint density at radius 1 is 0.926 bits per heavy atom. The van der Waals surface area contributed by atoms with Gasteiger partial charge in [0.25, 0.3) is 0 Å². The molecule has 1 aliphatic rings. The van der Waals surface area contributed by atoms with Crippen molar-refractivity contribution in [3.8, 4) is 17.2 Å². The molecule has 1 heterocycles. The van der Waals surface area contributed by atoms with Crippen molar-refractivity contribution >= 4 is 5.97 Å². The standard InChI is InChI=1S/C19H20O8/c1-10-4-2-3-5-13(10)25-11-6-8-12(9-7-11)26-19-16(22)14(20)15(21)17(27-19)18(23)24/h2-9,14-17,19-22H,1H3,(H,23,24)/t14-,15+,16+,17-,19-/m1/s1. The van der Waals surface area contributed by atoms with Gasteiger partial charge in [-0.1, -0.05) is 18.2 Å². The topological polar surface area (TPSA) is 126 Å². The highest BCUT2D eigenvalue weighted by Gasteiger charge is 2.48. The maximum atomic E-state index is 11.1. The molecule has 0 spiro atoms. The first-order valence-electron chi connectivity index (χ1n) is 8.29. The Labute approximate surface area is 155 Å². The van der Waals surface area contributed by atoms with Crippen molar-refractivity contribution in [1.29, 1.82) is 0 Å². The Hall–Kier alpha value is -2.65. The SMILES string of the molecule is Cc1ccccc1Oc1ccc(O[C@@H]2O[C@@H](C(=O)O)[C@@H](O)[C@@H](O)[C@@H]2O)cc1. The molecule has 144 valence electrons. The highest BCUT2D eigenvalue weighted by Crippen LogP contribution is 2.28. The highest BCUT2D eigenvalue weighted by atomic mass is 16.7. The molecule has 2 aromatic rings. The van der Waals surface area contributed by atoms with E-state index in [1.807, 2.05) is 31.2 Å². The third kappa shape index (κ3) is 4.20. The van der Waals surface area contributed by atoms with Crippen LogP contribution in [0.2, 0.25) is 0 Å². The number of aliphatic hydroxyl groups excluding tert-OH is 3. The second-order valence-corrected chi connectivity index (χ2v) is 6.19. The van der Waals surface area contributed by atoms with Gasteiger partial charge in [-0.05, 0) is 42.8 Å². The molecule has 8 nitrogen and oxygen atoms in total. The number of hydrogen-bond donors (Lipinski definition) is 4. The lowest BCUT2D eigenvalue weighted by Gasteiger charge is -2.38. The minimum atomic E-state index is -1.76. The zero-order valence-corrected chi connectivity index (χ0v) is 14.4. The van der Waals surface area contributed by atoms with Gasteiger partial charge in [0.05, 0.1) is 0 Å². The fraction of sp³-hybridized carbons (Fsp3) is 0.316. The summed E-state index contributed by atoms with van der Waals surface area (Å²) in [6.45, 7) is 1.92. The molecule has 2 aromatic carbocycles. The molecule has 0 aromatic heterocycles. The van der Waals surface area contributed by atoms with E-state index in [4.69, 9.17) is 19.3 Å². The summed E-state index contributed by atoms with van der Waals surface area (Å²) in [7, 11) is 0. The molecule has 0 saturated carbocycles. The quantitative estimate of drug-likeness (QED) is 0.610. The Balaban J connectivity index is 1.68. The molecule has 27 heavy (non-hydrogen) atoms. The lowest BCUT2D eigenvalue weighted by Crippen LogP contribution is -2.61. The number of rotatable bonds is 5. The number of aliphatic hydroxyl groups is 3. The van der Waals surface area contributed by atoms with Crippen LogP contribution >= 0.6 is 0 Å². The Kier molecular flexibility index (Phi) is 5.62. The summed E-state index contributed by atoms with van der Waals surface area (Å²) in [6, 6.07) is 13.9. The van der Waals surface area contributed by atoms with Crippen LogP contribution < -0.4 is 9.47 Å². The summed E-state index contributed by atoms with van der Waals surface area (Å²) in [4.78, 5) is 11.1. The number of benzene rings is 2. The van der Waals surface area contributed by atoms with Crippen LogP contribution in [0.5, 0.6) is 17.2 Å². The molecule has 1 aliphatic heterocycles. The molecule has 4 N–H and O–H groups in total. The van der Waals surface area contributed by atoms with Crippen molar-refractivity contribution in [2.45, 2.75) is 37.6 Å². The van der Waals surface area contributed by atoms with E-state index in [1.165, 1.54) is 0 Å².